The lowest BCUT2D eigenvalue weighted by atomic mass is 9.76. The summed E-state index contributed by atoms with van der Waals surface area (Å²) in [6, 6.07) is 4.83. The second-order valence-corrected chi connectivity index (χ2v) is 5.75. The summed E-state index contributed by atoms with van der Waals surface area (Å²) in [5.41, 5.74) is 0.674. The quantitative estimate of drug-likeness (QED) is 0.493. The summed E-state index contributed by atoms with van der Waals surface area (Å²) < 4.78 is 0. The first-order valence-electron chi connectivity index (χ1n) is 6.71. The number of benzene rings is 1. The Morgan fingerprint density at radius 2 is 2.04 bits per heavy atom. The molecule has 0 bridgehead atoms. The van der Waals surface area contributed by atoms with Crippen LogP contribution in [0.25, 0.3) is 0 Å². The molecule has 3 N–H and O–H groups in total. The number of halogens is 2. The fourth-order valence-corrected chi connectivity index (χ4v) is 2.17. The van der Waals surface area contributed by atoms with Crippen LogP contribution < -0.4 is 5.32 Å². The monoisotopic (exact) mass is 358 g/mol. The van der Waals surface area contributed by atoms with Gasteiger partial charge in [0.1, 0.15) is 0 Å². The molecule has 0 unspecified atom stereocenters. The van der Waals surface area contributed by atoms with Gasteiger partial charge in [-0.1, -0.05) is 35.8 Å². The number of amides is 2. The summed E-state index contributed by atoms with van der Waals surface area (Å²) >= 11 is 11.7. The van der Waals surface area contributed by atoms with E-state index < -0.39 is 24.9 Å². The molecule has 0 saturated heterocycles. The van der Waals surface area contributed by atoms with E-state index in [2.05, 4.69) is 11.9 Å². The molecule has 0 spiro atoms. The molecule has 0 aliphatic heterocycles. The van der Waals surface area contributed by atoms with E-state index >= 15 is 0 Å². The van der Waals surface area contributed by atoms with Gasteiger partial charge >= 0.3 is 7.12 Å². The molecule has 9 heteroatoms. The highest BCUT2D eigenvalue weighted by molar-refractivity contribution is 6.44. The molecule has 0 aliphatic carbocycles. The van der Waals surface area contributed by atoms with E-state index in [1.165, 1.54) is 7.05 Å². The molecule has 1 aromatic rings. The van der Waals surface area contributed by atoms with Crippen molar-refractivity contribution in [3.8, 4) is 0 Å². The standard InChI is InChI=1S/C14H17BCl2N2O4/c1-3-14(21)19(2)8-13(20)18-12(15(22)23)7-9-4-5-10(16)11(17)6-9/h3-6,12,22-23H,1,7-8H2,2H3,(H,18,20)/t12-/m0/s1. The van der Waals surface area contributed by atoms with Gasteiger partial charge in [0.15, 0.2) is 0 Å². The third-order valence-corrected chi connectivity index (χ3v) is 3.82. The highest BCUT2D eigenvalue weighted by Gasteiger charge is 2.26. The number of nitrogens with one attached hydrogen (secondary N) is 1. The average Bonchev–Trinajstić information content (AvgIpc) is 2.49. The summed E-state index contributed by atoms with van der Waals surface area (Å²) in [6.07, 6.45) is 1.22. The molecule has 0 radical (unpaired) electrons. The van der Waals surface area contributed by atoms with Crippen molar-refractivity contribution in [1.29, 1.82) is 0 Å². The predicted molar refractivity (Wildman–Crippen MR) is 90.1 cm³/mol. The van der Waals surface area contributed by atoms with E-state index in [4.69, 9.17) is 23.2 Å². The van der Waals surface area contributed by atoms with Crippen LogP contribution in [-0.2, 0) is 16.0 Å². The highest BCUT2D eigenvalue weighted by Crippen LogP contribution is 2.23. The van der Waals surface area contributed by atoms with Crippen LogP contribution >= 0.6 is 23.2 Å². The van der Waals surface area contributed by atoms with Gasteiger partial charge < -0.3 is 20.3 Å². The highest BCUT2D eigenvalue weighted by atomic mass is 35.5. The van der Waals surface area contributed by atoms with E-state index in [0.717, 1.165) is 11.0 Å². The fourth-order valence-electron chi connectivity index (χ4n) is 1.85. The number of carbonyl (C=O) groups is 2. The molecule has 124 valence electrons. The van der Waals surface area contributed by atoms with Gasteiger partial charge in [0.05, 0.1) is 22.5 Å². The Balaban J connectivity index is 2.71. The Labute approximate surface area is 144 Å². The van der Waals surface area contributed by atoms with Gasteiger partial charge in [-0.15, -0.1) is 0 Å². The molecule has 23 heavy (non-hydrogen) atoms. The van der Waals surface area contributed by atoms with Crippen molar-refractivity contribution in [3.05, 3.63) is 46.5 Å². The van der Waals surface area contributed by atoms with Gasteiger partial charge in [0.2, 0.25) is 11.8 Å². The maximum absolute atomic E-state index is 11.9. The number of rotatable bonds is 7. The van der Waals surface area contributed by atoms with Crippen molar-refractivity contribution in [2.75, 3.05) is 13.6 Å². The lowest BCUT2D eigenvalue weighted by Gasteiger charge is -2.20. The second-order valence-electron chi connectivity index (χ2n) is 4.94. The minimum Gasteiger partial charge on any atom is -0.426 e. The number of hydrogen-bond donors (Lipinski definition) is 3. The first-order chi connectivity index (χ1) is 10.7. The molecule has 2 amide bonds. The molecule has 0 saturated carbocycles. The molecule has 0 aromatic heterocycles. The molecule has 0 fully saturated rings. The summed E-state index contributed by atoms with van der Waals surface area (Å²) in [5, 5.41) is 22.0. The van der Waals surface area contributed by atoms with Crippen molar-refractivity contribution < 1.29 is 19.6 Å². The van der Waals surface area contributed by atoms with Gasteiger partial charge in [-0.05, 0) is 30.2 Å². The van der Waals surface area contributed by atoms with Gasteiger partial charge in [-0.2, -0.15) is 0 Å². The Bertz CT molecular complexity index is 598. The summed E-state index contributed by atoms with van der Waals surface area (Å²) in [7, 11) is -0.332. The minimum atomic E-state index is -1.77. The second kappa shape index (κ2) is 8.93. The number of likely N-dealkylation sites (N-methyl/N-ethyl adjacent to an activating group) is 1. The molecular formula is C14H17BCl2N2O4. The third kappa shape index (κ3) is 6.23. The maximum Gasteiger partial charge on any atom is 0.475 e. The number of carbonyl (C=O) groups excluding carboxylic acids is 2. The average molecular weight is 359 g/mol. The van der Waals surface area contributed by atoms with E-state index in [1.54, 1.807) is 18.2 Å². The summed E-state index contributed by atoms with van der Waals surface area (Å²) in [5.74, 6) is -1.89. The topological polar surface area (TPSA) is 89.9 Å². The number of hydrogen-bond acceptors (Lipinski definition) is 4. The van der Waals surface area contributed by atoms with Crippen molar-refractivity contribution in [1.82, 2.24) is 10.2 Å². The van der Waals surface area contributed by atoms with Crippen molar-refractivity contribution in [3.63, 3.8) is 0 Å². The summed E-state index contributed by atoms with van der Waals surface area (Å²) in [4.78, 5) is 24.4. The van der Waals surface area contributed by atoms with Gasteiger partial charge in [0, 0.05) is 7.05 Å². The lowest BCUT2D eigenvalue weighted by molar-refractivity contribution is -0.131. The Kier molecular flexibility index (Phi) is 7.58. The van der Waals surface area contributed by atoms with Crippen LogP contribution in [0.15, 0.2) is 30.9 Å². The molecule has 6 nitrogen and oxygen atoms in total. The normalized spacial score (nSPS) is 11.5. The number of nitrogens with zero attached hydrogens (tertiary/aromatic N) is 1. The van der Waals surface area contributed by atoms with Crippen molar-refractivity contribution >= 4 is 42.1 Å². The first-order valence-corrected chi connectivity index (χ1v) is 7.47. The largest absolute Gasteiger partial charge is 0.475 e. The molecule has 0 heterocycles. The molecule has 1 atom stereocenters. The summed E-state index contributed by atoms with van der Waals surface area (Å²) in [6.45, 7) is 3.10. The third-order valence-electron chi connectivity index (χ3n) is 3.08. The van der Waals surface area contributed by atoms with Gasteiger partial charge in [-0.25, -0.2) is 0 Å². The zero-order valence-electron chi connectivity index (χ0n) is 12.5. The lowest BCUT2D eigenvalue weighted by Crippen LogP contribution is -2.50. The van der Waals surface area contributed by atoms with Crippen LogP contribution in [0, 0.1) is 0 Å². The van der Waals surface area contributed by atoms with Crippen molar-refractivity contribution in [2.45, 2.75) is 12.4 Å². The van der Waals surface area contributed by atoms with Crippen LogP contribution in [-0.4, -0.2) is 53.4 Å². The zero-order chi connectivity index (χ0) is 17.6. The van der Waals surface area contributed by atoms with Gasteiger partial charge in [-0.3, -0.25) is 9.59 Å². The van der Waals surface area contributed by atoms with E-state index in [0.29, 0.717) is 15.6 Å². The van der Waals surface area contributed by atoms with E-state index in [9.17, 15) is 19.6 Å². The molecule has 0 aliphatic rings. The fraction of sp³-hybridized carbons (Fsp3) is 0.286. The van der Waals surface area contributed by atoms with Crippen LogP contribution in [0.2, 0.25) is 10.0 Å². The van der Waals surface area contributed by atoms with Gasteiger partial charge in [0.25, 0.3) is 0 Å². The van der Waals surface area contributed by atoms with Crippen molar-refractivity contribution in [2.24, 2.45) is 0 Å². The minimum absolute atomic E-state index is 0.138. The molecule has 1 rings (SSSR count). The Morgan fingerprint density at radius 1 is 1.39 bits per heavy atom. The van der Waals surface area contributed by atoms with Crippen LogP contribution in [0.4, 0.5) is 0 Å². The Hall–Kier alpha value is -1.54. The van der Waals surface area contributed by atoms with Crippen LogP contribution in [0.3, 0.4) is 0 Å². The Morgan fingerprint density at radius 3 is 2.57 bits per heavy atom. The zero-order valence-corrected chi connectivity index (χ0v) is 14.0. The molecule has 1 aromatic carbocycles. The predicted octanol–water partition coefficient (Wildman–Crippen LogP) is 0.677. The smallest absolute Gasteiger partial charge is 0.426 e. The van der Waals surface area contributed by atoms with Crippen LogP contribution in [0.1, 0.15) is 5.56 Å². The SMILES string of the molecule is C=CC(=O)N(C)CC(=O)N[C@@H](Cc1ccc(Cl)c(Cl)c1)B(O)O. The van der Waals surface area contributed by atoms with Crippen LogP contribution in [0.5, 0.6) is 0 Å². The molecular weight excluding hydrogens is 342 g/mol. The van der Waals surface area contributed by atoms with E-state index in [-0.39, 0.29) is 13.0 Å². The first kappa shape index (κ1) is 19.5. The van der Waals surface area contributed by atoms with E-state index in [1.807, 2.05) is 0 Å². The maximum atomic E-state index is 11.9.